The molecule has 0 amide bonds. The summed E-state index contributed by atoms with van der Waals surface area (Å²) >= 11 is 0. The van der Waals surface area contributed by atoms with Gasteiger partial charge in [0.25, 0.3) is 0 Å². The highest BCUT2D eigenvalue weighted by molar-refractivity contribution is 5.43. The van der Waals surface area contributed by atoms with Crippen LogP contribution in [-0.2, 0) is 0 Å². The summed E-state index contributed by atoms with van der Waals surface area (Å²) in [4.78, 5) is 6.32. The van der Waals surface area contributed by atoms with Crippen molar-refractivity contribution in [3.05, 3.63) is 24.5 Å². The SMILES string of the molecule is CC(N)CCN(CCN)c1cccnc1. The van der Waals surface area contributed by atoms with Gasteiger partial charge in [0.05, 0.1) is 11.9 Å². The normalized spacial score (nSPS) is 12.5. The molecular weight excluding hydrogens is 188 g/mol. The summed E-state index contributed by atoms with van der Waals surface area (Å²) < 4.78 is 0. The van der Waals surface area contributed by atoms with Gasteiger partial charge in [-0.2, -0.15) is 0 Å². The van der Waals surface area contributed by atoms with E-state index in [4.69, 9.17) is 11.5 Å². The fourth-order valence-electron chi connectivity index (χ4n) is 1.43. The third-order valence-corrected chi connectivity index (χ3v) is 2.26. The first-order valence-electron chi connectivity index (χ1n) is 5.34. The van der Waals surface area contributed by atoms with Gasteiger partial charge in [-0.15, -0.1) is 0 Å². The number of nitrogens with two attached hydrogens (primary N) is 2. The summed E-state index contributed by atoms with van der Waals surface area (Å²) in [6.07, 6.45) is 4.60. The Kier molecular flexibility index (Phi) is 5.07. The van der Waals surface area contributed by atoms with E-state index in [1.165, 1.54) is 0 Å². The molecule has 4 nitrogen and oxygen atoms in total. The molecule has 1 aromatic heterocycles. The van der Waals surface area contributed by atoms with Crippen molar-refractivity contribution in [2.75, 3.05) is 24.5 Å². The first kappa shape index (κ1) is 11.9. The summed E-state index contributed by atoms with van der Waals surface area (Å²) in [5.74, 6) is 0. The Labute approximate surface area is 91.3 Å². The van der Waals surface area contributed by atoms with Crippen LogP contribution in [0.1, 0.15) is 13.3 Å². The molecule has 1 unspecified atom stereocenters. The molecule has 0 aromatic carbocycles. The Morgan fingerprint density at radius 3 is 2.80 bits per heavy atom. The van der Waals surface area contributed by atoms with Gasteiger partial charge in [0.2, 0.25) is 0 Å². The maximum absolute atomic E-state index is 5.74. The molecule has 0 saturated heterocycles. The lowest BCUT2D eigenvalue weighted by Gasteiger charge is -2.24. The Morgan fingerprint density at radius 2 is 2.27 bits per heavy atom. The van der Waals surface area contributed by atoms with Crippen molar-refractivity contribution < 1.29 is 0 Å². The van der Waals surface area contributed by atoms with E-state index < -0.39 is 0 Å². The Balaban J connectivity index is 2.57. The summed E-state index contributed by atoms with van der Waals surface area (Å²) in [7, 11) is 0. The minimum absolute atomic E-state index is 0.224. The first-order valence-corrected chi connectivity index (χ1v) is 5.34. The molecule has 4 heteroatoms. The van der Waals surface area contributed by atoms with Crippen LogP contribution >= 0.6 is 0 Å². The summed E-state index contributed by atoms with van der Waals surface area (Å²) in [6.45, 7) is 4.44. The standard InChI is InChI=1S/C11H20N4/c1-10(13)4-7-15(8-5-12)11-3-2-6-14-9-11/h2-3,6,9-10H,4-5,7-8,12-13H2,1H3. The van der Waals surface area contributed by atoms with Gasteiger partial charge in [0, 0.05) is 31.9 Å². The molecule has 1 heterocycles. The van der Waals surface area contributed by atoms with E-state index in [1.807, 2.05) is 25.3 Å². The number of pyridine rings is 1. The Hall–Kier alpha value is -1.13. The monoisotopic (exact) mass is 208 g/mol. The summed E-state index contributed by atoms with van der Waals surface area (Å²) in [5.41, 5.74) is 12.4. The van der Waals surface area contributed by atoms with E-state index in [0.717, 1.165) is 25.2 Å². The second kappa shape index (κ2) is 6.37. The molecule has 0 aliphatic carbocycles. The predicted molar refractivity (Wildman–Crippen MR) is 63.8 cm³/mol. The van der Waals surface area contributed by atoms with Crippen LogP contribution in [-0.4, -0.2) is 30.7 Å². The van der Waals surface area contributed by atoms with Crippen LogP contribution in [0.25, 0.3) is 0 Å². The number of aromatic nitrogens is 1. The van der Waals surface area contributed by atoms with E-state index in [-0.39, 0.29) is 6.04 Å². The molecule has 0 aliphatic heterocycles. The third-order valence-electron chi connectivity index (χ3n) is 2.26. The molecule has 1 aromatic rings. The fourth-order valence-corrected chi connectivity index (χ4v) is 1.43. The summed E-state index contributed by atoms with van der Waals surface area (Å²) in [6, 6.07) is 4.20. The van der Waals surface area contributed by atoms with Crippen LogP contribution in [0.3, 0.4) is 0 Å². The maximum Gasteiger partial charge on any atom is 0.0553 e. The van der Waals surface area contributed by atoms with Crippen molar-refractivity contribution in [2.45, 2.75) is 19.4 Å². The quantitative estimate of drug-likeness (QED) is 0.717. The molecule has 1 rings (SSSR count). The maximum atomic E-state index is 5.74. The lowest BCUT2D eigenvalue weighted by atomic mass is 10.2. The average Bonchev–Trinajstić information content (AvgIpc) is 2.25. The molecule has 0 bridgehead atoms. The van der Waals surface area contributed by atoms with Crippen LogP contribution < -0.4 is 16.4 Å². The number of anilines is 1. The van der Waals surface area contributed by atoms with Gasteiger partial charge in [0.1, 0.15) is 0 Å². The van der Waals surface area contributed by atoms with Gasteiger partial charge in [0.15, 0.2) is 0 Å². The van der Waals surface area contributed by atoms with Gasteiger partial charge in [-0.3, -0.25) is 4.98 Å². The molecule has 1 atom stereocenters. The van der Waals surface area contributed by atoms with Gasteiger partial charge in [-0.1, -0.05) is 0 Å². The van der Waals surface area contributed by atoms with Crippen molar-refractivity contribution in [2.24, 2.45) is 11.5 Å². The number of nitrogens with zero attached hydrogens (tertiary/aromatic N) is 2. The van der Waals surface area contributed by atoms with Crippen molar-refractivity contribution >= 4 is 5.69 Å². The molecule has 0 saturated carbocycles. The highest BCUT2D eigenvalue weighted by atomic mass is 15.1. The van der Waals surface area contributed by atoms with Crippen LogP contribution in [0.2, 0.25) is 0 Å². The minimum atomic E-state index is 0.224. The molecule has 0 spiro atoms. The Morgan fingerprint density at radius 1 is 1.47 bits per heavy atom. The van der Waals surface area contributed by atoms with E-state index in [1.54, 1.807) is 6.20 Å². The molecule has 0 fully saturated rings. The van der Waals surface area contributed by atoms with Crippen molar-refractivity contribution in [3.63, 3.8) is 0 Å². The largest absolute Gasteiger partial charge is 0.369 e. The molecule has 4 N–H and O–H groups in total. The van der Waals surface area contributed by atoms with Crippen LogP contribution in [0.5, 0.6) is 0 Å². The van der Waals surface area contributed by atoms with Crippen molar-refractivity contribution in [3.8, 4) is 0 Å². The summed E-state index contributed by atoms with van der Waals surface area (Å²) in [5, 5.41) is 0. The zero-order valence-electron chi connectivity index (χ0n) is 9.26. The first-order chi connectivity index (χ1) is 7.24. The van der Waals surface area contributed by atoms with Crippen LogP contribution in [0, 0.1) is 0 Å². The number of hydrogen-bond acceptors (Lipinski definition) is 4. The van der Waals surface area contributed by atoms with E-state index in [2.05, 4.69) is 9.88 Å². The van der Waals surface area contributed by atoms with Gasteiger partial charge in [-0.25, -0.2) is 0 Å². The zero-order chi connectivity index (χ0) is 11.1. The minimum Gasteiger partial charge on any atom is -0.369 e. The topological polar surface area (TPSA) is 68.2 Å². The van der Waals surface area contributed by atoms with Crippen LogP contribution in [0.15, 0.2) is 24.5 Å². The highest BCUT2D eigenvalue weighted by Gasteiger charge is 2.06. The van der Waals surface area contributed by atoms with E-state index in [9.17, 15) is 0 Å². The zero-order valence-corrected chi connectivity index (χ0v) is 9.26. The number of hydrogen-bond donors (Lipinski definition) is 2. The second-order valence-electron chi connectivity index (χ2n) is 3.75. The predicted octanol–water partition coefficient (Wildman–Crippen LogP) is 0.584. The smallest absolute Gasteiger partial charge is 0.0553 e. The van der Waals surface area contributed by atoms with Gasteiger partial charge in [-0.05, 0) is 25.5 Å². The van der Waals surface area contributed by atoms with E-state index in [0.29, 0.717) is 6.54 Å². The molecule has 0 radical (unpaired) electrons. The van der Waals surface area contributed by atoms with Gasteiger partial charge < -0.3 is 16.4 Å². The lowest BCUT2D eigenvalue weighted by Crippen LogP contribution is -2.33. The van der Waals surface area contributed by atoms with Crippen molar-refractivity contribution in [1.29, 1.82) is 0 Å². The molecule has 15 heavy (non-hydrogen) atoms. The highest BCUT2D eigenvalue weighted by Crippen LogP contribution is 2.11. The fraction of sp³-hybridized carbons (Fsp3) is 0.545. The molecular formula is C11H20N4. The van der Waals surface area contributed by atoms with Gasteiger partial charge >= 0.3 is 0 Å². The lowest BCUT2D eigenvalue weighted by molar-refractivity contribution is 0.638. The average molecular weight is 208 g/mol. The third kappa shape index (κ3) is 4.27. The van der Waals surface area contributed by atoms with Crippen molar-refractivity contribution in [1.82, 2.24) is 4.98 Å². The molecule has 0 aliphatic rings. The molecule has 84 valence electrons. The Bertz CT molecular complexity index is 261. The number of rotatable bonds is 6. The second-order valence-corrected chi connectivity index (χ2v) is 3.75. The van der Waals surface area contributed by atoms with Crippen LogP contribution in [0.4, 0.5) is 5.69 Å². The van der Waals surface area contributed by atoms with E-state index >= 15 is 0 Å².